The molecule has 32 heavy (non-hydrogen) atoms. The molecule has 0 aliphatic carbocycles. The number of imidazole rings is 1. The van der Waals surface area contributed by atoms with Crippen LogP contribution in [0.25, 0.3) is 16.8 Å². The zero-order valence-electron chi connectivity index (χ0n) is 17.3. The van der Waals surface area contributed by atoms with Crippen molar-refractivity contribution in [3.63, 3.8) is 0 Å². The SMILES string of the molecule is CCc1ccc(/C(O)=C2\C(=O)C(=O)N(c3nc4ccccc4[nH]3)C2c2ccccn2)cc1. The number of fused-ring (bicyclic) bond motifs is 1. The molecule has 1 fully saturated rings. The number of aromatic amines is 1. The van der Waals surface area contributed by atoms with Crippen molar-refractivity contribution in [1.82, 2.24) is 15.0 Å². The van der Waals surface area contributed by atoms with Crippen molar-refractivity contribution in [3.8, 4) is 0 Å². The minimum absolute atomic E-state index is 0.0154. The highest BCUT2D eigenvalue weighted by Crippen LogP contribution is 2.40. The van der Waals surface area contributed by atoms with E-state index in [-0.39, 0.29) is 17.3 Å². The minimum Gasteiger partial charge on any atom is -0.507 e. The van der Waals surface area contributed by atoms with E-state index in [2.05, 4.69) is 15.0 Å². The maximum absolute atomic E-state index is 13.2. The molecule has 1 atom stereocenters. The zero-order valence-corrected chi connectivity index (χ0v) is 17.3. The van der Waals surface area contributed by atoms with Crippen LogP contribution in [0.3, 0.4) is 0 Å². The molecule has 2 aromatic heterocycles. The number of carbonyl (C=O) groups is 2. The zero-order chi connectivity index (χ0) is 22.2. The lowest BCUT2D eigenvalue weighted by molar-refractivity contribution is -0.132. The Hall–Kier alpha value is -4.26. The monoisotopic (exact) mass is 424 g/mol. The fourth-order valence-electron chi connectivity index (χ4n) is 3.98. The van der Waals surface area contributed by atoms with Gasteiger partial charge in [0.05, 0.1) is 22.3 Å². The summed E-state index contributed by atoms with van der Waals surface area (Å²) >= 11 is 0. The fourth-order valence-corrected chi connectivity index (χ4v) is 3.98. The molecule has 2 aromatic carbocycles. The summed E-state index contributed by atoms with van der Waals surface area (Å²) in [6.45, 7) is 2.04. The van der Waals surface area contributed by atoms with Crippen molar-refractivity contribution in [3.05, 3.63) is 95.3 Å². The van der Waals surface area contributed by atoms with Crippen molar-refractivity contribution in [2.24, 2.45) is 0 Å². The Kier molecular flexibility index (Phi) is 4.78. The summed E-state index contributed by atoms with van der Waals surface area (Å²) in [4.78, 5) is 39.6. The normalized spacial score (nSPS) is 17.9. The molecule has 5 rings (SSSR count). The summed E-state index contributed by atoms with van der Waals surface area (Å²) in [6, 6.07) is 19.0. The second-order valence-electron chi connectivity index (χ2n) is 7.55. The molecule has 1 aliphatic heterocycles. The number of hydrogen-bond acceptors (Lipinski definition) is 5. The highest BCUT2D eigenvalue weighted by Gasteiger charge is 2.48. The largest absolute Gasteiger partial charge is 0.507 e. The number of anilines is 1. The topological polar surface area (TPSA) is 99.2 Å². The van der Waals surface area contributed by atoms with Crippen molar-refractivity contribution >= 4 is 34.4 Å². The Morgan fingerprint density at radius 3 is 2.47 bits per heavy atom. The molecule has 7 nitrogen and oxygen atoms in total. The lowest BCUT2D eigenvalue weighted by Crippen LogP contribution is -2.30. The first kappa shape index (κ1) is 19.7. The van der Waals surface area contributed by atoms with Crippen molar-refractivity contribution in [2.45, 2.75) is 19.4 Å². The number of nitrogens with one attached hydrogen (secondary N) is 1. The molecule has 7 heteroatoms. The minimum atomic E-state index is -0.914. The first-order chi connectivity index (χ1) is 15.6. The van der Waals surface area contributed by atoms with E-state index >= 15 is 0 Å². The molecule has 2 N–H and O–H groups in total. The van der Waals surface area contributed by atoms with Gasteiger partial charge in [-0.15, -0.1) is 0 Å². The van der Waals surface area contributed by atoms with Crippen LogP contribution in [0.15, 0.2) is 78.5 Å². The first-order valence-corrected chi connectivity index (χ1v) is 10.3. The highest BCUT2D eigenvalue weighted by atomic mass is 16.3. The summed E-state index contributed by atoms with van der Waals surface area (Å²) in [7, 11) is 0. The molecular weight excluding hydrogens is 404 g/mol. The number of aromatic nitrogens is 3. The van der Waals surface area contributed by atoms with Gasteiger partial charge >= 0.3 is 5.91 Å². The van der Waals surface area contributed by atoms with E-state index in [9.17, 15) is 14.7 Å². The number of aliphatic hydroxyl groups excluding tert-OH is 1. The lowest BCUT2D eigenvalue weighted by Gasteiger charge is -2.22. The summed E-state index contributed by atoms with van der Waals surface area (Å²) in [6.07, 6.45) is 2.44. The smallest absolute Gasteiger partial charge is 0.302 e. The number of H-pyrrole nitrogens is 1. The van der Waals surface area contributed by atoms with Crippen molar-refractivity contribution in [2.75, 3.05) is 4.90 Å². The number of para-hydroxylation sites is 2. The number of carbonyl (C=O) groups excluding carboxylic acids is 2. The third kappa shape index (κ3) is 3.15. The number of ketones is 1. The van der Waals surface area contributed by atoms with Gasteiger partial charge in [0.2, 0.25) is 5.95 Å². The molecule has 0 saturated carbocycles. The molecule has 1 aliphatic rings. The Balaban J connectivity index is 1.70. The fraction of sp³-hybridized carbons (Fsp3) is 0.120. The molecular formula is C25H20N4O3. The van der Waals surface area contributed by atoms with Gasteiger partial charge < -0.3 is 10.1 Å². The van der Waals surface area contributed by atoms with Gasteiger partial charge in [-0.25, -0.2) is 4.98 Å². The van der Waals surface area contributed by atoms with Crippen LogP contribution in [-0.2, 0) is 16.0 Å². The van der Waals surface area contributed by atoms with Crippen LogP contribution in [0.4, 0.5) is 5.95 Å². The quantitative estimate of drug-likeness (QED) is 0.291. The lowest BCUT2D eigenvalue weighted by atomic mass is 9.97. The van der Waals surface area contributed by atoms with Gasteiger partial charge in [0.1, 0.15) is 11.8 Å². The molecule has 4 aromatic rings. The van der Waals surface area contributed by atoms with Crippen LogP contribution in [0.1, 0.15) is 29.8 Å². The second kappa shape index (κ2) is 7.77. The van der Waals surface area contributed by atoms with Crippen molar-refractivity contribution < 1.29 is 14.7 Å². The van der Waals surface area contributed by atoms with E-state index in [4.69, 9.17) is 0 Å². The number of rotatable bonds is 4. The van der Waals surface area contributed by atoms with Gasteiger partial charge in [0.25, 0.3) is 5.78 Å². The summed E-state index contributed by atoms with van der Waals surface area (Å²) in [5.41, 5.74) is 3.41. The maximum atomic E-state index is 13.2. The van der Waals surface area contributed by atoms with Crippen LogP contribution in [0.5, 0.6) is 0 Å². The number of Topliss-reactive ketones (excluding diaryl/α,β-unsaturated/α-hetero) is 1. The average Bonchev–Trinajstić information content (AvgIpc) is 3.38. The third-order valence-electron chi connectivity index (χ3n) is 5.65. The maximum Gasteiger partial charge on any atom is 0.302 e. The number of nitrogens with zero attached hydrogens (tertiary/aromatic N) is 3. The third-order valence-corrected chi connectivity index (χ3v) is 5.65. The molecule has 0 radical (unpaired) electrons. The van der Waals surface area contributed by atoms with Gasteiger partial charge in [-0.2, -0.15) is 0 Å². The molecule has 0 bridgehead atoms. The Morgan fingerprint density at radius 1 is 1.03 bits per heavy atom. The Bertz CT molecular complexity index is 1320. The summed E-state index contributed by atoms with van der Waals surface area (Å²) in [5.74, 6) is -1.56. The summed E-state index contributed by atoms with van der Waals surface area (Å²) < 4.78 is 0. The van der Waals surface area contributed by atoms with E-state index < -0.39 is 17.7 Å². The van der Waals surface area contributed by atoms with Gasteiger partial charge in [-0.1, -0.05) is 49.4 Å². The van der Waals surface area contributed by atoms with E-state index in [1.807, 2.05) is 43.3 Å². The molecule has 0 spiro atoms. The van der Waals surface area contributed by atoms with E-state index in [1.165, 1.54) is 4.90 Å². The summed E-state index contributed by atoms with van der Waals surface area (Å²) in [5, 5.41) is 11.1. The molecule has 1 amide bonds. The predicted molar refractivity (Wildman–Crippen MR) is 121 cm³/mol. The van der Waals surface area contributed by atoms with E-state index in [0.717, 1.165) is 17.5 Å². The number of benzene rings is 2. The predicted octanol–water partition coefficient (Wildman–Crippen LogP) is 4.15. The first-order valence-electron chi connectivity index (χ1n) is 10.3. The molecule has 1 unspecified atom stereocenters. The number of aryl methyl sites for hydroxylation is 1. The Labute approximate surface area is 184 Å². The number of hydrogen-bond donors (Lipinski definition) is 2. The van der Waals surface area contributed by atoms with Gasteiger partial charge in [-0.3, -0.25) is 19.5 Å². The van der Waals surface area contributed by atoms with Crippen LogP contribution in [0, 0.1) is 0 Å². The van der Waals surface area contributed by atoms with Gasteiger partial charge in [0, 0.05) is 11.8 Å². The van der Waals surface area contributed by atoms with Crippen LogP contribution in [-0.4, -0.2) is 31.7 Å². The molecule has 1 saturated heterocycles. The highest BCUT2D eigenvalue weighted by molar-refractivity contribution is 6.51. The van der Waals surface area contributed by atoms with E-state index in [1.54, 1.807) is 36.5 Å². The average molecular weight is 424 g/mol. The van der Waals surface area contributed by atoms with Crippen molar-refractivity contribution in [1.29, 1.82) is 0 Å². The number of aliphatic hydroxyl groups is 1. The van der Waals surface area contributed by atoms with Gasteiger partial charge in [0.15, 0.2) is 0 Å². The van der Waals surface area contributed by atoms with Crippen LogP contribution in [0.2, 0.25) is 0 Å². The molecule has 3 heterocycles. The molecule has 158 valence electrons. The second-order valence-corrected chi connectivity index (χ2v) is 7.55. The van der Waals surface area contributed by atoms with E-state index in [0.29, 0.717) is 16.8 Å². The Morgan fingerprint density at radius 2 is 1.78 bits per heavy atom. The number of pyridine rings is 1. The standard InChI is InChI=1S/C25H20N4O3/c1-2-15-10-12-16(13-11-15)22(30)20-21(19-9-5-6-14-26-19)29(24(32)23(20)31)25-27-17-7-3-4-8-18(17)28-25/h3-14,21,30H,2H2,1H3,(H,27,28)/b22-20+. The van der Waals surface area contributed by atoms with Gasteiger partial charge in [-0.05, 0) is 36.2 Å². The van der Waals surface area contributed by atoms with Crippen LogP contribution >= 0.6 is 0 Å². The number of amides is 1. The van der Waals surface area contributed by atoms with Crippen LogP contribution < -0.4 is 4.90 Å².